The SMILES string of the molecule is CCc1cccc(CC)c1-n1nc2c(c1-c1ccc(F)c3c1ccn3C(=O)OC(C)(C)c1c(C)cc(C)cc1OP(=O)(O)O)CN(Cc1ccc(C(F)(F)F)cc1C)C2(C)C. The van der Waals surface area contributed by atoms with E-state index < -0.39 is 42.6 Å². The van der Waals surface area contributed by atoms with E-state index in [0.717, 1.165) is 44.3 Å². The van der Waals surface area contributed by atoms with E-state index in [9.17, 15) is 32.3 Å². The Bertz CT molecular complexity index is 2740. The van der Waals surface area contributed by atoms with Crippen molar-refractivity contribution < 1.29 is 46.0 Å². The fourth-order valence-electron chi connectivity index (χ4n) is 8.86. The fourth-order valence-corrected chi connectivity index (χ4v) is 9.26. The first-order valence-electron chi connectivity index (χ1n) is 20.0. The van der Waals surface area contributed by atoms with Crippen molar-refractivity contribution in [3.05, 3.63) is 135 Å². The lowest BCUT2D eigenvalue weighted by Gasteiger charge is -2.32. The molecule has 61 heavy (non-hydrogen) atoms. The van der Waals surface area contributed by atoms with Crippen LogP contribution in [0.1, 0.15) is 97.3 Å². The number of phosphoric ester groups is 1. The highest BCUT2D eigenvalue weighted by Crippen LogP contribution is 2.48. The summed E-state index contributed by atoms with van der Waals surface area (Å²) in [4.78, 5) is 35.7. The van der Waals surface area contributed by atoms with Crippen molar-refractivity contribution in [1.82, 2.24) is 19.2 Å². The molecule has 7 rings (SSSR count). The lowest BCUT2D eigenvalue weighted by molar-refractivity contribution is -0.137. The van der Waals surface area contributed by atoms with E-state index in [1.165, 1.54) is 30.5 Å². The van der Waals surface area contributed by atoms with Crippen molar-refractivity contribution in [2.24, 2.45) is 0 Å². The number of phosphoric acid groups is 1. The van der Waals surface area contributed by atoms with Gasteiger partial charge in [0.15, 0.2) is 0 Å². The van der Waals surface area contributed by atoms with Gasteiger partial charge in [0.25, 0.3) is 0 Å². The van der Waals surface area contributed by atoms with Crippen LogP contribution in [0.3, 0.4) is 0 Å². The van der Waals surface area contributed by atoms with Crippen molar-refractivity contribution in [2.45, 2.75) is 106 Å². The molecular weight excluding hydrogens is 811 g/mol. The van der Waals surface area contributed by atoms with E-state index in [-0.39, 0.29) is 16.8 Å². The molecule has 0 aliphatic carbocycles. The average molecular weight is 861 g/mol. The Morgan fingerprint density at radius 1 is 0.918 bits per heavy atom. The van der Waals surface area contributed by atoms with E-state index in [1.807, 2.05) is 24.6 Å². The lowest BCUT2D eigenvalue weighted by atomic mass is 9.91. The number of aryl methyl sites for hydroxylation is 5. The predicted molar refractivity (Wildman–Crippen MR) is 225 cm³/mol. The molecule has 2 aromatic heterocycles. The number of carbonyl (C=O) groups excluding carboxylic acids is 1. The highest BCUT2D eigenvalue weighted by Gasteiger charge is 2.44. The number of hydrogen-bond acceptors (Lipinski definition) is 6. The van der Waals surface area contributed by atoms with Crippen molar-refractivity contribution in [3.63, 3.8) is 0 Å². The Morgan fingerprint density at radius 3 is 2.20 bits per heavy atom. The van der Waals surface area contributed by atoms with E-state index in [4.69, 9.17) is 14.4 Å². The topological polar surface area (TPSA) is 119 Å². The number of benzene rings is 4. The Balaban J connectivity index is 1.36. The van der Waals surface area contributed by atoms with Crippen LogP contribution in [0.2, 0.25) is 0 Å². The molecule has 0 amide bonds. The van der Waals surface area contributed by atoms with Crippen LogP contribution in [0.25, 0.3) is 27.8 Å². The van der Waals surface area contributed by atoms with Gasteiger partial charge in [0.1, 0.15) is 17.2 Å². The van der Waals surface area contributed by atoms with Crippen LogP contribution in [0.5, 0.6) is 5.75 Å². The van der Waals surface area contributed by atoms with Crippen molar-refractivity contribution in [3.8, 4) is 22.7 Å². The van der Waals surface area contributed by atoms with Gasteiger partial charge in [-0.2, -0.15) is 18.3 Å². The summed E-state index contributed by atoms with van der Waals surface area (Å²) in [6.07, 6.45) is -2.58. The molecule has 1 aliphatic rings. The molecule has 0 unspecified atom stereocenters. The number of nitrogens with zero attached hydrogens (tertiary/aromatic N) is 4. The number of fused-ring (bicyclic) bond motifs is 2. The Morgan fingerprint density at radius 2 is 1.59 bits per heavy atom. The minimum absolute atomic E-state index is 0.0545. The maximum atomic E-state index is 16.2. The molecule has 0 spiro atoms. The summed E-state index contributed by atoms with van der Waals surface area (Å²) >= 11 is 0. The molecule has 0 bridgehead atoms. The molecule has 0 radical (unpaired) electrons. The molecule has 1 aliphatic heterocycles. The maximum Gasteiger partial charge on any atom is 0.524 e. The molecule has 0 atom stereocenters. The van der Waals surface area contributed by atoms with Gasteiger partial charge >= 0.3 is 20.1 Å². The van der Waals surface area contributed by atoms with E-state index in [0.29, 0.717) is 59.3 Å². The minimum Gasteiger partial charge on any atom is -0.438 e. The molecular formula is C46H49F4N4O6P. The summed E-state index contributed by atoms with van der Waals surface area (Å²) < 4.78 is 83.0. The maximum absolute atomic E-state index is 16.2. The number of halogens is 4. The summed E-state index contributed by atoms with van der Waals surface area (Å²) in [6, 6.07) is 17.7. The van der Waals surface area contributed by atoms with Gasteiger partial charge in [0.2, 0.25) is 0 Å². The zero-order valence-corrected chi connectivity index (χ0v) is 36.4. The molecule has 6 aromatic rings. The number of aromatic nitrogens is 3. The quantitative estimate of drug-likeness (QED) is 0.103. The third kappa shape index (κ3) is 8.02. The number of ether oxygens (including phenoxy) is 1. The Kier molecular flexibility index (Phi) is 11.2. The zero-order valence-electron chi connectivity index (χ0n) is 35.5. The first kappa shape index (κ1) is 43.8. The molecule has 4 aromatic carbocycles. The van der Waals surface area contributed by atoms with Crippen molar-refractivity contribution in [2.75, 3.05) is 0 Å². The molecule has 0 saturated heterocycles. The van der Waals surface area contributed by atoms with Crippen LogP contribution in [0.4, 0.5) is 22.4 Å². The third-order valence-electron chi connectivity index (χ3n) is 11.8. The molecule has 10 nitrogen and oxygen atoms in total. The lowest BCUT2D eigenvalue weighted by Crippen LogP contribution is -2.36. The van der Waals surface area contributed by atoms with Crippen LogP contribution in [-0.4, -0.2) is 35.1 Å². The van der Waals surface area contributed by atoms with Gasteiger partial charge in [-0.15, -0.1) is 0 Å². The molecule has 15 heteroatoms. The van der Waals surface area contributed by atoms with Crippen molar-refractivity contribution in [1.29, 1.82) is 0 Å². The summed E-state index contributed by atoms with van der Waals surface area (Å²) in [6.45, 7) is 17.1. The second kappa shape index (κ2) is 15.6. The summed E-state index contributed by atoms with van der Waals surface area (Å²) in [7, 11) is -5.00. The van der Waals surface area contributed by atoms with Crippen LogP contribution in [-0.2, 0) is 52.5 Å². The second-order valence-electron chi connectivity index (χ2n) is 16.7. The van der Waals surface area contributed by atoms with E-state index >= 15 is 4.39 Å². The monoisotopic (exact) mass is 860 g/mol. The number of rotatable bonds is 10. The standard InChI is InChI=1S/C46H49F4N4O6P/c1-10-29-13-12-14-30(11-2)39(29)54-40(35-25-52(44(6,7)42(35)51-54)24-31-15-16-32(23-27(31)4)46(48,49)50)33-17-18-36(47)41-34(33)19-20-53(41)43(55)59-45(8,9)38-28(5)21-26(3)22-37(38)60-61(56,57)58/h12-23H,10-11,24-25H2,1-9H3,(H2,56,57,58). The van der Waals surface area contributed by atoms with E-state index in [2.05, 4.69) is 30.9 Å². The average Bonchev–Trinajstić information content (AvgIpc) is 3.83. The van der Waals surface area contributed by atoms with Crippen LogP contribution >= 0.6 is 7.82 Å². The smallest absolute Gasteiger partial charge is 0.438 e. The number of hydrogen-bond donors (Lipinski definition) is 2. The predicted octanol–water partition coefficient (Wildman–Crippen LogP) is 11.3. The largest absolute Gasteiger partial charge is 0.524 e. The van der Waals surface area contributed by atoms with Gasteiger partial charge in [0.05, 0.1) is 33.7 Å². The molecule has 0 saturated carbocycles. The first-order chi connectivity index (χ1) is 28.5. The first-order valence-corrected chi connectivity index (χ1v) is 21.5. The van der Waals surface area contributed by atoms with Gasteiger partial charge < -0.3 is 9.26 Å². The third-order valence-corrected chi connectivity index (χ3v) is 12.2. The summed E-state index contributed by atoms with van der Waals surface area (Å²) in [5, 5.41) is 5.74. The molecule has 322 valence electrons. The zero-order chi connectivity index (χ0) is 44.6. The second-order valence-corrected chi connectivity index (χ2v) is 17.9. The van der Waals surface area contributed by atoms with Gasteiger partial charge in [-0.1, -0.05) is 44.2 Å². The van der Waals surface area contributed by atoms with E-state index in [1.54, 1.807) is 52.8 Å². The highest BCUT2D eigenvalue weighted by molar-refractivity contribution is 7.46. The Labute approximate surface area is 352 Å². The van der Waals surface area contributed by atoms with Crippen molar-refractivity contribution >= 4 is 24.8 Å². The van der Waals surface area contributed by atoms with Crippen LogP contribution in [0, 0.1) is 26.6 Å². The highest BCUT2D eigenvalue weighted by atomic mass is 31.2. The summed E-state index contributed by atoms with van der Waals surface area (Å²) in [5.41, 5.74) is 5.66. The normalized spacial score (nSPS) is 14.5. The minimum atomic E-state index is -5.00. The van der Waals surface area contributed by atoms with Crippen LogP contribution in [0.15, 0.2) is 72.9 Å². The summed E-state index contributed by atoms with van der Waals surface area (Å²) in [5.74, 6) is -0.845. The number of para-hydroxylation sites is 1. The molecule has 0 fully saturated rings. The molecule has 3 heterocycles. The number of carbonyl (C=O) groups is 1. The van der Waals surface area contributed by atoms with Gasteiger partial charge in [-0.05, 0) is 131 Å². The van der Waals surface area contributed by atoms with Gasteiger partial charge in [-0.3, -0.25) is 14.7 Å². The van der Waals surface area contributed by atoms with Crippen LogP contribution < -0.4 is 4.52 Å². The number of alkyl halides is 3. The van der Waals surface area contributed by atoms with Gasteiger partial charge in [-0.25, -0.2) is 23.0 Å². The van der Waals surface area contributed by atoms with Gasteiger partial charge in [0, 0.05) is 41.4 Å². The Hall–Kier alpha value is -5.27. The molecule has 2 N–H and O–H groups in total. The fraction of sp³-hybridized carbons (Fsp3) is 0.348.